The Kier molecular flexibility index (Phi) is 1.37. The van der Waals surface area contributed by atoms with Crippen molar-refractivity contribution in [3.8, 4) is 0 Å². The molecule has 2 aromatic rings. The van der Waals surface area contributed by atoms with Crippen molar-refractivity contribution in [3.63, 3.8) is 0 Å². The van der Waals surface area contributed by atoms with E-state index in [1.165, 1.54) is 3.57 Å². The van der Waals surface area contributed by atoms with Gasteiger partial charge >= 0.3 is 0 Å². The SMILES string of the molecule is Ic1ccc2nc[nH]c2c1. The first-order valence-electron chi connectivity index (χ1n) is 2.95. The second-order valence-corrected chi connectivity index (χ2v) is 3.31. The van der Waals surface area contributed by atoms with Crippen LogP contribution in [0.1, 0.15) is 0 Å². The van der Waals surface area contributed by atoms with Crippen molar-refractivity contribution in [1.82, 2.24) is 9.97 Å². The molecule has 0 bridgehead atoms. The third kappa shape index (κ3) is 0.901. The molecule has 1 N–H and O–H groups in total. The third-order valence-electron chi connectivity index (χ3n) is 1.38. The molecule has 0 aliphatic heterocycles. The number of fused-ring (bicyclic) bond motifs is 1. The predicted molar refractivity (Wildman–Crippen MR) is 48.8 cm³/mol. The van der Waals surface area contributed by atoms with Crippen molar-refractivity contribution in [2.45, 2.75) is 0 Å². The smallest absolute Gasteiger partial charge is 0.0931 e. The fraction of sp³-hybridized carbons (Fsp3) is 0. The van der Waals surface area contributed by atoms with E-state index >= 15 is 0 Å². The summed E-state index contributed by atoms with van der Waals surface area (Å²) in [5.41, 5.74) is 2.13. The van der Waals surface area contributed by atoms with E-state index in [0.717, 1.165) is 11.0 Å². The Bertz CT molecular complexity index is 353. The number of H-pyrrole nitrogens is 1. The predicted octanol–water partition coefficient (Wildman–Crippen LogP) is 2.17. The van der Waals surface area contributed by atoms with Gasteiger partial charge in [-0.05, 0) is 40.8 Å². The van der Waals surface area contributed by atoms with Gasteiger partial charge in [0.05, 0.1) is 17.4 Å². The lowest BCUT2D eigenvalue weighted by molar-refractivity contribution is 1.34. The average molecular weight is 244 g/mol. The van der Waals surface area contributed by atoms with Gasteiger partial charge in [0.1, 0.15) is 0 Å². The summed E-state index contributed by atoms with van der Waals surface area (Å²) >= 11 is 2.28. The van der Waals surface area contributed by atoms with Gasteiger partial charge in [-0.3, -0.25) is 0 Å². The third-order valence-corrected chi connectivity index (χ3v) is 2.05. The molecule has 3 heteroatoms. The van der Waals surface area contributed by atoms with Crippen molar-refractivity contribution in [1.29, 1.82) is 0 Å². The summed E-state index contributed by atoms with van der Waals surface area (Å²) in [6.45, 7) is 0. The average Bonchev–Trinajstić information content (AvgIpc) is 2.33. The number of nitrogens with zero attached hydrogens (tertiary/aromatic N) is 1. The Labute approximate surface area is 71.8 Å². The van der Waals surface area contributed by atoms with Gasteiger partial charge in [-0.15, -0.1) is 0 Å². The fourth-order valence-electron chi connectivity index (χ4n) is 0.908. The Hall–Kier alpha value is -0.580. The number of halogens is 1. The summed E-state index contributed by atoms with van der Waals surface area (Å²) in [4.78, 5) is 7.15. The Morgan fingerprint density at radius 1 is 1.40 bits per heavy atom. The topological polar surface area (TPSA) is 28.7 Å². The van der Waals surface area contributed by atoms with Gasteiger partial charge in [0.25, 0.3) is 0 Å². The number of hydrogen-bond donors (Lipinski definition) is 1. The molecule has 0 fully saturated rings. The number of nitrogens with one attached hydrogen (secondary N) is 1. The second-order valence-electron chi connectivity index (χ2n) is 2.06. The zero-order valence-electron chi connectivity index (χ0n) is 5.13. The molecule has 0 radical (unpaired) electrons. The molecule has 10 heavy (non-hydrogen) atoms. The van der Waals surface area contributed by atoms with Crippen molar-refractivity contribution >= 4 is 33.6 Å². The lowest BCUT2D eigenvalue weighted by Gasteiger charge is -1.87. The van der Waals surface area contributed by atoms with Gasteiger partial charge in [-0.2, -0.15) is 0 Å². The lowest BCUT2D eigenvalue weighted by atomic mass is 10.3. The van der Waals surface area contributed by atoms with Gasteiger partial charge in [0.2, 0.25) is 0 Å². The monoisotopic (exact) mass is 244 g/mol. The highest BCUT2D eigenvalue weighted by atomic mass is 127. The first kappa shape index (κ1) is 6.15. The summed E-state index contributed by atoms with van der Waals surface area (Å²) in [6.07, 6.45) is 1.71. The number of aromatic nitrogens is 2. The fourth-order valence-corrected chi connectivity index (χ4v) is 1.40. The van der Waals surface area contributed by atoms with Crippen molar-refractivity contribution < 1.29 is 0 Å². The van der Waals surface area contributed by atoms with E-state index in [2.05, 4.69) is 38.6 Å². The van der Waals surface area contributed by atoms with E-state index in [0.29, 0.717) is 0 Å². The van der Waals surface area contributed by atoms with E-state index in [1.807, 2.05) is 12.1 Å². The lowest BCUT2D eigenvalue weighted by Crippen LogP contribution is -1.70. The molecule has 1 heterocycles. The van der Waals surface area contributed by atoms with Crippen LogP contribution in [-0.4, -0.2) is 9.97 Å². The Morgan fingerprint density at radius 3 is 3.20 bits per heavy atom. The zero-order valence-corrected chi connectivity index (χ0v) is 7.29. The van der Waals surface area contributed by atoms with Crippen LogP contribution in [0.25, 0.3) is 11.0 Å². The summed E-state index contributed by atoms with van der Waals surface area (Å²) in [5, 5.41) is 0. The highest BCUT2D eigenvalue weighted by Gasteiger charge is 1.93. The normalized spacial score (nSPS) is 10.5. The highest BCUT2D eigenvalue weighted by Crippen LogP contribution is 2.12. The molecule has 0 spiro atoms. The molecule has 0 unspecified atom stereocenters. The molecule has 0 aliphatic rings. The van der Waals surface area contributed by atoms with Crippen LogP contribution < -0.4 is 0 Å². The molecule has 1 aromatic heterocycles. The second kappa shape index (κ2) is 2.23. The molecular weight excluding hydrogens is 239 g/mol. The zero-order chi connectivity index (χ0) is 6.97. The maximum Gasteiger partial charge on any atom is 0.0931 e. The van der Waals surface area contributed by atoms with Crippen LogP contribution in [0, 0.1) is 3.57 Å². The van der Waals surface area contributed by atoms with Crippen LogP contribution in [0.3, 0.4) is 0 Å². The number of rotatable bonds is 0. The van der Waals surface area contributed by atoms with Crippen LogP contribution in [-0.2, 0) is 0 Å². The van der Waals surface area contributed by atoms with Gasteiger partial charge < -0.3 is 4.98 Å². The van der Waals surface area contributed by atoms with Crippen LogP contribution in [0.5, 0.6) is 0 Å². The van der Waals surface area contributed by atoms with E-state index in [9.17, 15) is 0 Å². The minimum absolute atomic E-state index is 1.03. The van der Waals surface area contributed by atoms with Crippen molar-refractivity contribution in [3.05, 3.63) is 28.1 Å². The Morgan fingerprint density at radius 2 is 2.30 bits per heavy atom. The summed E-state index contributed by atoms with van der Waals surface area (Å²) < 4.78 is 1.23. The first-order valence-corrected chi connectivity index (χ1v) is 4.03. The maximum absolute atomic E-state index is 4.10. The minimum Gasteiger partial charge on any atom is -0.345 e. The molecule has 2 rings (SSSR count). The molecular formula is C7H5IN2. The number of aromatic amines is 1. The summed E-state index contributed by atoms with van der Waals surface area (Å²) in [5.74, 6) is 0. The minimum atomic E-state index is 1.03. The van der Waals surface area contributed by atoms with E-state index < -0.39 is 0 Å². The highest BCUT2D eigenvalue weighted by molar-refractivity contribution is 14.1. The van der Waals surface area contributed by atoms with Gasteiger partial charge in [-0.25, -0.2) is 4.98 Å². The molecule has 0 saturated heterocycles. The van der Waals surface area contributed by atoms with E-state index in [1.54, 1.807) is 6.33 Å². The standard InChI is InChI=1S/C7H5IN2/c8-5-1-2-6-7(3-5)10-4-9-6/h1-4H,(H,9,10). The molecule has 0 aliphatic carbocycles. The van der Waals surface area contributed by atoms with Gasteiger partial charge in [0, 0.05) is 3.57 Å². The number of benzene rings is 1. The number of imidazole rings is 1. The van der Waals surface area contributed by atoms with E-state index in [-0.39, 0.29) is 0 Å². The molecule has 2 nitrogen and oxygen atoms in total. The molecule has 0 saturated carbocycles. The van der Waals surface area contributed by atoms with Crippen LogP contribution >= 0.6 is 22.6 Å². The van der Waals surface area contributed by atoms with Gasteiger partial charge in [-0.1, -0.05) is 0 Å². The van der Waals surface area contributed by atoms with Crippen molar-refractivity contribution in [2.24, 2.45) is 0 Å². The van der Waals surface area contributed by atoms with E-state index in [4.69, 9.17) is 0 Å². The van der Waals surface area contributed by atoms with Crippen LogP contribution in [0.15, 0.2) is 24.5 Å². The van der Waals surface area contributed by atoms with Crippen LogP contribution in [0.2, 0.25) is 0 Å². The largest absolute Gasteiger partial charge is 0.345 e. The molecule has 0 amide bonds. The quantitative estimate of drug-likeness (QED) is 0.707. The van der Waals surface area contributed by atoms with Crippen LogP contribution in [0.4, 0.5) is 0 Å². The van der Waals surface area contributed by atoms with Crippen molar-refractivity contribution in [2.75, 3.05) is 0 Å². The first-order chi connectivity index (χ1) is 4.86. The summed E-state index contributed by atoms with van der Waals surface area (Å²) in [6, 6.07) is 6.13. The maximum atomic E-state index is 4.10. The number of hydrogen-bond acceptors (Lipinski definition) is 1. The Balaban J connectivity index is 2.86. The summed E-state index contributed by atoms with van der Waals surface area (Å²) in [7, 11) is 0. The van der Waals surface area contributed by atoms with Gasteiger partial charge in [0.15, 0.2) is 0 Å². The molecule has 50 valence electrons. The molecule has 0 atom stereocenters. The molecule has 1 aromatic carbocycles.